The third-order valence-electron chi connectivity index (χ3n) is 2.44. The molecular weight excluding hydrogens is 200 g/mol. The number of carbonyl (C=O) groups excluding carboxylic acids is 1. The molecule has 1 amide bonds. The third-order valence-corrected chi connectivity index (χ3v) is 2.44. The molecule has 0 fully saturated rings. The fourth-order valence-corrected chi connectivity index (χ4v) is 1.65. The number of rotatable bonds is 5. The molecule has 1 atom stereocenters. The molecule has 0 spiro atoms. The van der Waals surface area contributed by atoms with Gasteiger partial charge in [0.25, 0.3) is 0 Å². The lowest BCUT2D eigenvalue weighted by molar-refractivity contribution is -0.114. The molecule has 0 aliphatic carbocycles. The van der Waals surface area contributed by atoms with Gasteiger partial charge < -0.3 is 10.6 Å². The average Bonchev–Trinajstić information content (AvgIpc) is 2.26. The molecule has 0 saturated carbocycles. The highest BCUT2D eigenvalue weighted by molar-refractivity contribution is 5.89. The van der Waals surface area contributed by atoms with Gasteiger partial charge in [-0.25, -0.2) is 0 Å². The lowest BCUT2D eigenvalue weighted by Crippen LogP contribution is -2.21. The zero-order valence-corrected chi connectivity index (χ0v) is 10.2. The molecule has 0 heterocycles. The molecule has 3 heteroatoms. The summed E-state index contributed by atoms with van der Waals surface area (Å²) in [4.78, 5) is 11.1. The Morgan fingerprint density at radius 1 is 1.38 bits per heavy atom. The van der Waals surface area contributed by atoms with Crippen LogP contribution in [0, 0.1) is 0 Å². The van der Waals surface area contributed by atoms with Gasteiger partial charge in [0.1, 0.15) is 0 Å². The van der Waals surface area contributed by atoms with Gasteiger partial charge in [-0.1, -0.05) is 25.1 Å². The van der Waals surface area contributed by atoms with Gasteiger partial charge in [-0.2, -0.15) is 0 Å². The summed E-state index contributed by atoms with van der Waals surface area (Å²) in [6.07, 6.45) is 1.10. The second kappa shape index (κ2) is 6.28. The molecule has 0 aromatic heterocycles. The van der Waals surface area contributed by atoms with Crippen molar-refractivity contribution in [3.63, 3.8) is 0 Å². The Kier molecular flexibility index (Phi) is 4.99. The Hall–Kier alpha value is -1.35. The Balaban J connectivity index is 2.80. The quantitative estimate of drug-likeness (QED) is 0.801. The van der Waals surface area contributed by atoms with E-state index in [1.807, 2.05) is 24.3 Å². The maximum atomic E-state index is 11.1. The first kappa shape index (κ1) is 12.7. The van der Waals surface area contributed by atoms with Crippen molar-refractivity contribution < 1.29 is 4.79 Å². The summed E-state index contributed by atoms with van der Waals surface area (Å²) in [6.45, 7) is 6.76. The molecular formula is C13H20N2O. The second-order valence-corrected chi connectivity index (χ2v) is 3.94. The summed E-state index contributed by atoms with van der Waals surface area (Å²) < 4.78 is 0. The molecule has 2 N–H and O–H groups in total. The van der Waals surface area contributed by atoms with Gasteiger partial charge in [0, 0.05) is 18.7 Å². The van der Waals surface area contributed by atoms with Crippen molar-refractivity contribution in [1.82, 2.24) is 5.32 Å². The standard InChI is InChI=1S/C13H20N2O/c1-4-9-14-10(2)12-7-5-6-8-13(12)15-11(3)16/h5-8,10,14H,4,9H2,1-3H3,(H,15,16). The average molecular weight is 220 g/mol. The van der Waals surface area contributed by atoms with Crippen molar-refractivity contribution in [3.05, 3.63) is 29.8 Å². The molecule has 16 heavy (non-hydrogen) atoms. The van der Waals surface area contributed by atoms with Crippen LogP contribution in [0.5, 0.6) is 0 Å². The Labute approximate surface area is 97.2 Å². The van der Waals surface area contributed by atoms with Crippen LogP contribution in [0.25, 0.3) is 0 Å². The molecule has 0 aliphatic heterocycles. The highest BCUT2D eigenvalue weighted by atomic mass is 16.1. The minimum atomic E-state index is -0.0323. The van der Waals surface area contributed by atoms with Crippen LogP contribution in [0.1, 0.15) is 38.8 Å². The molecule has 1 aromatic rings. The van der Waals surface area contributed by atoms with E-state index in [9.17, 15) is 4.79 Å². The summed E-state index contributed by atoms with van der Waals surface area (Å²) >= 11 is 0. The van der Waals surface area contributed by atoms with E-state index in [1.165, 1.54) is 6.92 Å². The number of benzene rings is 1. The van der Waals surface area contributed by atoms with Crippen LogP contribution in [0.3, 0.4) is 0 Å². The van der Waals surface area contributed by atoms with Crippen molar-refractivity contribution in [1.29, 1.82) is 0 Å². The van der Waals surface area contributed by atoms with E-state index in [0.717, 1.165) is 24.2 Å². The molecule has 0 saturated heterocycles. The van der Waals surface area contributed by atoms with E-state index in [0.29, 0.717) is 0 Å². The molecule has 0 radical (unpaired) electrons. The number of hydrogen-bond donors (Lipinski definition) is 2. The first-order valence-corrected chi connectivity index (χ1v) is 5.75. The van der Waals surface area contributed by atoms with E-state index in [1.54, 1.807) is 0 Å². The van der Waals surface area contributed by atoms with Crippen molar-refractivity contribution in [3.8, 4) is 0 Å². The molecule has 0 bridgehead atoms. The minimum Gasteiger partial charge on any atom is -0.326 e. The van der Waals surface area contributed by atoms with Crippen LogP contribution in [0.15, 0.2) is 24.3 Å². The SMILES string of the molecule is CCCNC(C)c1ccccc1NC(C)=O. The lowest BCUT2D eigenvalue weighted by atomic mass is 10.1. The molecule has 1 rings (SSSR count). The van der Waals surface area contributed by atoms with E-state index < -0.39 is 0 Å². The zero-order valence-electron chi connectivity index (χ0n) is 10.2. The summed E-state index contributed by atoms with van der Waals surface area (Å²) in [7, 11) is 0. The van der Waals surface area contributed by atoms with Gasteiger partial charge in [-0.05, 0) is 31.5 Å². The Morgan fingerprint density at radius 3 is 2.69 bits per heavy atom. The normalized spacial score (nSPS) is 12.2. The Morgan fingerprint density at radius 2 is 2.06 bits per heavy atom. The molecule has 0 aliphatic rings. The zero-order chi connectivity index (χ0) is 12.0. The summed E-state index contributed by atoms with van der Waals surface area (Å²) in [5, 5.41) is 6.26. The van der Waals surface area contributed by atoms with E-state index >= 15 is 0 Å². The smallest absolute Gasteiger partial charge is 0.221 e. The first-order chi connectivity index (χ1) is 7.65. The lowest BCUT2D eigenvalue weighted by Gasteiger charge is -2.17. The Bertz CT molecular complexity index is 350. The highest BCUT2D eigenvalue weighted by Gasteiger charge is 2.09. The third kappa shape index (κ3) is 3.66. The number of nitrogens with one attached hydrogen (secondary N) is 2. The fraction of sp³-hybridized carbons (Fsp3) is 0.462. The number of anilines is 1. The van der Waals surface area contributed by atoms with E-state index in [2.05, 4.69) is 24.5 Å². The topological polar surface area (TPSA) is 41.1 Å². The largest absolute Gasteiger partial charge is 0.326 e. The van der Waals surface area contributed by atoms with Crippen LogP contribution < -0.4 is 10.6 Å². The molecule has 1 unspecified atom stereocenters. The second-order valence-electron chi connectivity index (χ2n) is 3.94. The van der Waals surface area contributed by atoms with Gasteiger partial charge in [0.05, 0.1) is 0 Å². The minimum absolute atomic E-state index is 0.0323. The van der Waals surface area contributed by atoms with Crippen molar-refractivity contribution in [2.45, 2.75) is 33.2 Å². The van der Waals surface area contributed by atoms with Gasteiger partial charge in [0.15, 0.2) is 0 Å². The van der Waals surface area contributed by atoms with Crippen LogP contribution >= 0.6 is 0 Å². The summed E-state index contributed by atoms with van der Waals surface area (Å²) in [6, 6.07) is 8.15. The molecule has 1 aromatic carbocycles. The van der Waals surface area contributed by atoms with Gasteiger partial charge in [-0.15, -0.1) is 0 Å². The highest BCUT2D eigenvalue weighted by Crippen LogP contribution is 2.22. The molecule has 3 nitrogen and oxygen atoms in total. The molecule has 88 valence electrons. The van der Waals surface area contributed by atoms with E-state index in [4.69, 9.17) is 0 Å². The van der Waals surface area contributed by atoms with E-state index in [-0.39, 0.29) is 11.9 Å². The van der Waals surface area contributed by atoms with Crippen LogP contribution in [-0.2, 0) is 4.79 Å². The van der Waals surface area contributed by atoms with Gasteiger partial charge >= 0.3 is 0 Å². The van der Waals surface area contributed by atoms with Crippen molar-refractivity contribution in [2.24, 2.45) is 0 Å². The summed E-state index contributed by atoms with van der Waals surface area (Å²) in [5.74, 6) is -0.0323. The van der Waals surface area contributed by atoms with Crippen molar-refractivity contribution >= 4 is 11.6 Å². The number of carbonyl (C=O) groups is 1. The van der Waals surface area contributed by atoms with Crippen LogP contribution in [0.4, 0.5) is 5.69 Å². The van der Waals surface area contributed by atoms with Crippen LogP contribution in [0.2, 0.25) is 0 Å². The number of hydrogen-bond acceptors (Lipinski definition) is 2. The maximum absolute atomic E-state index is 11.1. The monoisotopic (exact) mass is 220 g/mol. The number of para-hydroxylation sites is 1. The predicted octanol–water partition coefficient (Wildman–Crippen LogP) is 2.71. The van der Waals surface area contributed by atoms with Gasteiger partial charge in [0.2, 0.25) is 5.91 Å². The van der Waals surface area contributed by atoms with Gasteiger partial charge in [-0.3, -0.25) is 4.79 Å². The first-order valence-electron chi connectivity index (χ1n) is 5.75. The van der Waals surface area contributed by atoms with Crippen LogP contribution in [-0.4, -0.2) is 12.5 Å². The number of amides is 1. The predicted molar refractivity (Wildman–Crippen MR) is 67.5 cm³/mol. The fourth-order valence-electron chi connectivity index (χ4n) is 1.65. The maximum Gasteiger partial charge on any atom is 0.221 e. The van der Waals surface area contributed by atoms with Crippen molar-refractivity contribution in [2.75, 3.05) is 11.9 Å². The summed E-state index contributed by atoms with van der Waals surface area (Å²) in [5.41, 5.74) is 2.03.